The summed E-state index contributed by atoms with van der Waals surface area (Å²) >= 11 is 0. The third-order valence-corrected chi connectivity index (χ3v) is 3.66. The first-order valence-corrected chi connectivity index (χ1v) is 7.07. The number of nitrogens with zero attached hydrogens (tertiary/aromatic N) is 2. The van der Waals surface area contributed by atoms with E-state index in [0.29, 0.717) is 12.0 Å². The lowest BCUT2D eigenvalue weighted by molar-refractivity contribution is 0.369. The van der Waals surface area contributed by atoms with Crippen molar-refractivity contribution in [3.05, 3.63) is 17.0 Å². The molecular formula is C15H29N3. The normalized spacial score (nSPS) is 15.1. The maximum Gasteiger partial charge on any atom is 0.0644 e. The molecule has 2 unspecified atom stereocenters. The van der Waals surface area contributed by atoms with Gasteiger partial charge in [0.15, 0.2) is 0 Å². The standard InChI is InChI=1S/C15H29N3/c1-10(2)8-11(3)9-18-14(6)15(12(4)16-7)13(5)17-18/h10-12,16H,8-9H2,1-7H3. The fraction of sp³-hybridized carbons (Fsp3) is 0.800. The predicted octanol–water partition coefficient (Wildman–Crippen LogP) is 3.46. The summed E-state index contributed by atoms with van der Waals surface area (Å²) in [6.45, 7) is 14.4. The second-order valence-corrected chi connectivity index (χ2v) is 6.01. The highest BCUT2D eigenvalue weighted by Gasteiger charge is 2.17. The smallest absolute Gasteiger partial charge is 0.0644 e. The Morgan fingerprint density at radius 1 is 1.17 bits per heavy atom. The molecule has 3 heteroatoms. The fourth-order valence-corrected chi connectivity index (χ4v) is 2.83. The molecule has 0 aliphatic rings. The molecule has 104 valence electrons. The monoisotopic (exact) mass is 251 g/mol. The van der Waals surface area contributed by atoms with E-state index in [0.717, 1.165) is 18.2 Å². The summed E-state index contributed by atoms with van der Waals surface area (Å²) in [6, 6.07) is 0.374. The van der Waals surface area contributed by atoms with E-state index in [4.69, 9.17) is 5.10 Å². The molecule has 1 aromatic rings. The van der Waals surface area contributed by atoms with Crippen LogP contribution in [-0.4, -0.2) is 16.8 Å². The summed E-state index contributed by atoms with van der Waals surface area (Å²) < 4.78 is 2.19. The SMILES string of the molecule is CNC(C)c1c(C)nn(CC(C)CC(C)C)c1C. The molecule has 18 heavy (non-hydrogen) atoms. The minimum absolute atomic E-state index is 0.374. The van der Waals surface area contributed by atoms with Gasteiger partial charge in [-0.05, 0) is 46.1 Å². The Bertz CT molecular complexity index is 379. The zero-order valence-electron chi connectivity index (χ0n) is 13.0. The van der Waals surface area contributed by atoms with Crippen molar-refractivity contribution in [1.82, 2.24) is 15.1 Å². The van der Waals surface area contributed by atoms with Crippen LogP contribution in [0.2, 0.25) is 0 Å². The summed E-state index contributed by atoms with van der Waals surface area (Å²) in [7, 11) is 2.00. The first kappa shape index (κ1) is 15.2. The topological polar surface area (TPSA) is 29.9 Å². The van der Waals surface area contributed by atoms with Gasteiger partial charge in [-0.25, -0.2) is 0 Å². The molecule has 0 spiro atoms. The summed E-state index contributed by atoms with van der Waals surface area (Å²) in [4.78, 5) is 0. The Hall–Kier alpha value is -0.830. The highest BCUT2D eigenvalue weighted by molar-refractivity contribution is 5.27. The summed E-state index contributed by atoms with van der Waals surface area (Å²) in [5.41, 5.74) is 3.82. The van der Waals surface area contributed by atoms with Crippen molar-refractivity contribution in [1.29, 1.82) is 0 Å². The average molecular weight is 251 g/mol. The van der Waals surface area contributed by atoms with Crippen LogP contribution in [0.3, 0.4) is 0 Å². The fourth-order valence-electron chi connectivity index (χ4n) is 2.83. The Morgan fingerprint density at radius 3 is 2.28 bits per heavy atom. The van der Waals surface area contributed by atoms with E-state index < -0.39 is 0 Å². The lowest BCUT2D eigenvalue weighted by Crippen LogP contribution is -2.15. The first-order valence-electron chi connectivity index (χ1n) is 7.07. The quantitative estimate of drug-likeness (QED) is 0.839. The minimum atomic E-state index is 0.374. The zero-order chi connectivity index (χ0) is 13.9. The van der Waals surface area contributed by atoms with Crippen molar-refractivity contribution in [3.8, 4) is 0 Å². The van der Waals surface area contributed by atoms with E-state index >= 15 is 0 Å². The third kappa shape index (κ3) is 3.58. The second-order valence-electron chi connectivity index (χ2n) is 6.01. The lowest BCUT2D eigenvalue weighted by Gasteiger charge is -2.16. The Labute approximate surface area is 112 Å². The van der Waals surface area contributed by atoms with Gasteiger partial charge in [0, 0.05) is 23.8 Å². The van der Waals surface area contributed by atoms with Gasteiger partial charge >= 0.3 is 0 Å². The molecule has 1 heterocycles. The molecular weight excluding hydrogens is 222 g/mol. The number of rotatable bonds is 6. The van der Waals surface area contributed by atoms with Gasteiger partial charge in [0.25, 0.3) is 0 Å². The molecule has 2 atom stereocenters. The minimum Gasteiger partial charge on any atom is -0.313 e. The van der Waals surface area contributed by atoms with E-state index in [2.05, 4.69) is 51.5 Å². The number of aromatic nitrogens is 2. The average Bonchev–Trinajstić information content (AvgIpc) is 2.52. The van der Waals surface area contributed by atoms with Gasteiger partial charge in [0.1, 0.15) is 0 Å². The van der Waals surface area contributed by atoms with Crippen LogP contribution in [0, 0.1) is 25.7 Å². The van der Waals surface area contributed by atoms with E-state index in [9.17, 15) is 0 Å². The first-order chi connectivity index (χ1) is 8.36. The molecule has 0 aromatic carbocycles. The van der Waals surface area contributed by atoms with Crippen LogP contribution < -0.4 is 5.32 Å². The highest BCUT2D eigenvalue weighted by atomic mass is 15.3. The molecule has 0 radical (unpaired) electrons. The third-order valence-electron chi connectivity index (χ3n) is 3.66. The van der Waals surface area contributed by atoms with Crippen molar-refractivity contribution in [3.63, 3.8) is 0 Å². The Kier molecular flexibility index (Phi) is 5.39. The van der Waals surface area contributed by atoms with Gasteiger partial charge in [0.05, 0.1) is 5.69 Å². The van der Waals surface area contributed by atoms with Crippen molar-refractivity contribution >= 4 is 0 Å². The number of aryl methyl sites for hydroxylation is 1. The van der Waals surface area contributed by atoms with E-state index in [1.54, 1.807) is 0 Å². The van der Waals surface area contributed by atoms with Crippen molar-refractivity contribution in [2.24, 2.45) is 11.8 Å². The second kappa shape index (κ2) is 6.37. The largest absolute Gasteiger partial charge is 0.313 e. The van der Waals surface area contributed by atoms with Crippen LogP contribution in [0.15, 0.2) is 0 Å². The molecule has 1 aromatic heterocycles. The summed E-state index contributed by atoms with van der Waals surface area (Å²) in [5.74, 6) is 1.44. The molecule has 0 aliphatic carbocycles. The Balaban J connectivity index is 2.85. The molecule has 0 bridgehead atoms. The molecule has 0 aliphatic heterocycles. The lowest BCUT2D eigenvalue weighted by atomic mass is 9.99. The molecule has 0 fully saturated rings. The molecule has 0 saturated heterocycles. The Morgan fingerprint density at radius 2 is 1.78 bits per heavy atom. The van der Waals surface area contributed by atoms with Crippen LogP contribution in [0.25, 0.3) is 0 Å². The highest BCUT2D eigenvalue weighted by Crippen LogP contribution is 2.22. The molecule has 1 rings (SSSR count). The van der Waals surface area contributed by atoms with Crippen molar-refractivity contribution in [2.45, 2.75) is 60.5 Å². The molecule has 1 N–H and O–H groups in total. The number of hydrogen-bond acceptors (Lipinski definition) is 2. The van der Waals surface area contributed by atoms with Gasteiger partial charge in [0.2, 0.25) is 0 Å². The van der Waals surface area contributed by atoms with Gasteiger partial charge in [-0.15, -0.1) is 0 Å². The van der Waals surface area contributed by atoms with E-state index in [-0.39, 0.29) is 0 Å². The van der Waals surface area contributed by atoms with E-state index in [1.165, 1.54) is 17.7 Å². The van der Waals surface area contributed by atoms with Crippen LogP contribution >= 0.6 is 0 Å². The van der Waals surface area contributed by atoms with Gasteiger partial charge in [-0.1, -0.05) is 20.8 Å². The maximum absolute atomic E-state index is 4.70. The molecule has 0 amide bonds. The number of hydrogen-bond donors (Lipinski definition) is 1. The molecule has 3 nitrogen and oxygen atoms in total. The zero-order valence-corrected chi connectivity index (χ0v) is 13.0. The van der Waals surface area contributed by atoms with Crippen LogP contribution in [-0.2, 0) is 6.54 Å². The van der Waals surface area contributed by atoms with Crippen molar-refractivity contribution in [2.75, 3.05) is 7.05 Å². The summed E-state index contributed by atoms with van der Waals surface area (Å²) in [6.07, 6.45) is 1.26. The van der Waals surface area contributed by atoms with Gasteiger partial charge in [-0.3, -0.25) is 4.68 Å². The van der Waals surface area contributed by atoms with Gasteiger partial charge in [-0.2, -0.15) is 5.10 Å². The van der Waals surface area contributed by atoms with Gasteiger partial charge < -0.3 is 5.32 Å². The van der Waals surface area contributed by atoms with Crippen molar-refractivity contribution < 1.29 is 0 Å². The van der Waals surface area contributed by atoms with Crippen LogP contribution in [0.1, 0.15) is 57.1 Å². The van der Waals surface area contributed by atoms with Crippen LogP contribution in [0.4, 0.5) is 0 Å². The molecule has 0 saturated carbocycles. The van der Waals surface area contributed by atoms with E-state index in [1.807, 2.05) is 7.05 Å². The predicted molar refractivity (Wildman–Crippen MR) is 77.8 cm³/mol. The van der Waals surface area contributed by atoms with Crippen LogP contribution in [0.5, 0.6) is 0 Å². The maximum atomic E-state index is 4.70. The number of nitrogens with one attached hydrogen (secondary N) is 1. The summed E-state index contributed by atoms with van der Waals surface area (Å²) in [5, 5.41) is 8.01.